The summed E-state index contributed by atoms with van der Waals surface area (Å²) in [4.78, 5) is 13.1. The molecule has 0 radical (unpaired) electrons. The van der Waals surface area contributed by atoms with Gasteiger partial charge in [0.1, 0.15) is 6.04 Å². The second-order valence-electron chi connectivity index (χ2n) is 4.90. The average molecular weight is 214 g/mol. The summed E-state index contributed by atoms with van der Waals surface area (Å²) in [5, 5.41) is 8.81. The first kappa shape index (κ1) is 12.5. The predicted octanol–water partition coefficient (Wildman–Crippen LogP) is 0.766. The second-order valence-corrected chi connectivity index (χ2v) is 4.90. The van der Waals surface area contributed by atoms with Crippen LogP contribution in [0.3, 0.4) is 0 Å². The van der Waals surface area contributed by atoms with Gasteiger partial charge in [0, 0.05) is 6.54 Å². The van der Waals surface area contributed by atoms with Crippen LogP contribution in [-0.4, -0.2) is 41.7 Å². The van der Waals surface area contributed by atoms with E-state index in [1.165, 1.54) is 0 Å². The molecule has 1 atom stereocenters. The minimum absolute atomic E-state index is 0.158. The van der Waals surface area contributed by atoms with Crippen molar-refractivity contribution in [1.82, 2.24) is 4.90 Å². The highest BCUT2D eigenvalue weighted by atomic mass is 16.4. The third-order valence-electron chi connectivity index (χ3n) is 3.05. The van der Waals surface area contributed by atoms with Crippen molar-refractivity contribution >= 4 is 5.97 Å². The zero-order valence-corrected chi connectivity index (χ0v) is 9.65. The molecule has 15 heavy (non-hydrogen) atoms. The quantitative estimate of drug-likeness (QED) is 0.725. The maximum atomic E-state index is 10.7. The number of hydrogen-bond donors (Lipinski definition) is 2. The molecule has 0 amide bonds. The lowest BCUT2D eigenvalue weighted by atomic mass is 9.89. The lowest BCUT2D eigenvalue weighted by Crippen LogP contribution is -2.45. The van der Waals surface area contributed by atoms with Crippen molar-refractivity contribution in [3.63, 3.8) is 0 Å². The molecule has 0 aromatic carbocycles. The molecule has 4 heteroatoms. The summed E-state index contributed by atoms with van der Waals surface area (Å²) in [5.74, 6) is -0.0297. The number of carboxylic acids is 1. The van der Waals surface area contributed by atoms with E-state index in [-0.39, 0.29) is 5.92 Å². The molecule has 0 saturated carbocycles. The number of carbonyl (C=O) groups is 1. The van der Waals surface area contributed by atoms with Crippen molar-refractivity contribution in [2.45, 2.75) is 32.7 Å². The summed E-state index contributed by atoms with van der Waals surface area (Å²) in [6.07, 6.45) is 1.83. The summed E-state index contributed by atoms with van der Waals surface area (Å²) >= 11 is 0. The van der Waals surface area contributed by atoms with Crippen molar-refractivity contribution in [2.24, 2.45) is 17.6 Å². The number of aliphatic carboxylic acids is 1. The summed E-state index contributed by atoms with van der Waals surface area (Å²) in [5.41, 5.74) is 5.62. The Morgan fingerprint density at radius 2 is 2.00 bits per heavy atom. The van der Waals surface area contributed by atoms with Crippen LogP contribution in [0.1, 0.15) is 26.7 Å². The van der Waals surface area contributed by atoms with Crippen LogP contribution < -0.4 is 5.73 Å². The van der Waals surface area contributed by atoms with E-state index in [0.29, 0.717) is 5.92 Å². The zero-order valence-electron chi connectivity index (χ0n) is 9.65. The normalized spacial score (nSPS) is 21.9. The van der Waals surface area contributed by atoms with Gasteiger partial charge < -0.3 is 15.7 Å². The van der Waals surface area contributed by atoms with Gasteiger partial charge >= 0.3 is 5.97 Å². The van der Waals surface area contributed by atoms with Crippen molar-refractivity contribution in [3.05, 3.63) is 0 Å². The molecule has 0 bridgehead atoms. The van der Waals surface area contributed by atoms with Crippen molar-refractivity contribution in [3.8, 4) is 0 Å². The first-order valence-electron chi connectivity index (χ1n) is 5.71. The molecule has 1 unspecified atom stereocenters. The molecule has 88 valence electrons. The number of likely N-dealkylation sites (tertiary alicyclic amines) is 1. The third kappa shape index (κ3) is 3.80. The van der Waals surface area contributed by atoms with Crippen LogP contribution in [0.25, 0.3) is 0 Å². The zero-order chi connectivity index (χ0) is 11.4. The fourth-order valence-corrected chi connectivity index (χ4v) is 2.21. The molecule has 1 saturated heterocycles. The van der Waals surface area contributed by atoms with Gasteiger partial charge in [-0.2, -0.15) is 0 Å². The van der Waals surface area contributed by atoms with Crippen molar-refractivity contribution in [2.75, 3.05) is 19.6 Å². The Bertz CT molecular complexity index is 211. The summed E-state index contributed by atoms with van der Waals surface area (Å²) in [7, 11) is 0. The van der Waals surface area contributed by atoms with Crippen LogP contribution in [-0.2, 0) is 4.79 Å². The highest BCUT2D eigenvalue weighted by Crippen LogP contribution is 2.20. The van der Waals surface area contributed by atoms with Gasteiger partial charge in [0.2, 0.25) is 0 Å². The molecule has 4 nitrogen and oxygen atoms in total. The minimum atomic E-state index is -0.864. The fraction of sp³-hybridized carbons (Fsp3) is 0.909. The Morgan fingerprint density at radius 3 is 2.40 bits per heavy atom. The lowest BCUT2D eigenvalue weighted by Gasteiger charge is -2.34. The molecule has 1 fully saturated rings. The number of nitrogens with two attached hydrogens (primary N) is 1. The van der Waals surface area contributed by atoms with Gasteiger partial charge in [-0.25, -0.2) is 0 Å². The van der Waals surface area contributed by atoms with Gasteiger partial charge in [0.05, 0.1) is 0 Å². The summed E-state index contributed by atoms with van der Waals surface area (Å²) < 4.78 is 0. The Hall–Kier alpha value is -0.610. The topological polar surface area (TPSA) is 66.6 Å². The SMILES string of the molecule is CC(C)CN1CCC(C(N)C(=O)O)CC1. The van der Waals surface area contributed by atoms with E-state index in [2.05, 4.69) is 18.7 Å². The molecule has 1 rings (SSSR count). The molecule has 0 spiro atoms. The van der Waals surface area contributed by atoms with Gasteiger partial charge in [0.25, 0.3) is 0 Å². The Balaban J connectivity index is 2.32. The first-order chi connectivity index (χ1) is 7.00. The minimum Gasteiger partial charge on any atom is -0.480 e. The molecule has 1 heterocycles. The molecule has 3 N–H and O–H groups in total. The Kier molecular flexibility index (Phi) is 4.54. The summed E-state index contributed by atoms with van der Waals surface area (Å²) in [6, 6.07) is -0.675. The van der Waals surface area contributed by atoms with Crippen LogP contribution in [0, 0.1) is 11.8 Å². The summed E-state index contributed by atoms with van der Waals surface area (Å²) in [6.45, 7) is 7.49. The predicted molar refractivity (Wildman–Crippen MR) is 59.6 cm³/mol. The largest absolute Gasteiger partial charge is 0.480 e. The number of hydrogen-bond acceptors (Lipinski definition) is 3. The van der Waals surface area contributed by atoms with Crippen LogP contribution in [0.4, 0.5) is 0 Å². The van der Waals surface area contributed by atoms with Crippen LogP contribution in [0.15, 0.2) is 0 Å². The van der Waals surface area contributed by atoms with Crippen LogP contribution >= 0.6 is 0 Å². The van der Waals surface area contributed by atoms with Crippen molar-refractivity contribution < 1.29 is 9.90 Å². The molecule has 0 aliphatic carbocycles. The van der Waals surface area contributed by atoms with Gasteiger partial charge in [0.15, 0.2) is 0 Å². The number of carboxylic acid groups (broad SMARTS) is 1. The fourth-order valence-electron chi connectivity index (χ4n) is 2.21. The molecule has 0 aromatic rings. The molecule has 1 aliphatic heterocycles. The smallest absolute Gasteiger partial charge is 0.320 e. The van der Waals surface area contributed by atoms with E-state index in [4.69, 9.17) is 10.8 Å². The van der Waals surface area contributed by atoms with Gasteiger partial charge in [-0.15, -0.1) is 0 Å². The lowest BCUT2D eigenvalue weighted by molar-refractivity contribution is -0.140. The average Bonchev–Trinajstić information content (AvgIpc) is 2.17. The molecule has 0 aromatic heterocycles. The first-order valence-corrected chi connectivity index (χ1v) is 5.71. The molecular formula is C11H22N2O2. The monoisotopic (exact) mass is 214 g/mol. The van der Waals surface area contributed by atoms with Crippen LogP contribution in [0.2, 0.25) is 0 Å². The Labute approximate surface area is 91.4 Å². The van der Waals surface area contributed by atoms with Gasteiger partial charge in [-0.3, -0.25) is 4.79 Å². The number of piperidine rings is 1. The van der Waals surface area contributed by atoms with Crippen LogP contribution in [0.5, 0.6) is 0 Å². The molecule has 1 aliphatic rings. The van der Waals surface area contributed by atoms with Gasteiger partial charge in [-0.05, 0) is 37.8 Å². The Morgan fingerprint density at radius 1 is 1.47 bits per heavy atom. The standard InChI is InChI=1S/C11H22N2O2/c1-8(2)7-13-5-3-9(4-6-13)10(12)11(14)15/h8-10H,3-7,12H2,1-2H3,(H,14,15). The number of nitrogens with zero attached hydrogens (tertiary/aromatic N) is 1. The maximum Gasteiger partial charge on any atom is 0.320 e. The maximum absolute atomic E-state index is 10.7. The highest BCUT2D eigenvalue weighted by molar-refractivity contribution is 5.73. The molecular weight excluding hydrogens is 192 g/mol. The van der Waals surface area contributed by atoms with E-state index in [9.17, 15) is 4.79 Å². The van der Waals surface area contributed by atoms with E-state index in [0.717, 1.165) is 32.5 Å². The van der Waals surface area contributed by atoms with Gasteiger partial charge in [-0.1, -0.05) is 13.8 Å². The third-order valence-corrected chi connectivity index (χ3v) is 3.05. The highest BCUT2D eigenvalue weighted by Gasteiger charge is 2.28. The van der Waals surface area contributed by atoms with Crippen molar-refractivity contribution in [1.29, 1.82) is 0 Å². The van der Waals surface area contributed by atoms with E-state index >= 15 is 0 Å². The second kappa shape index (κ2) is 5.47. The number of rotatable bonds is 4. The van der Waals surface area contributed by atoms with E-state index in [1.54, 1.807) is 0 Å². The van der Waals surface area contributed by atoms with E-state index < -0.39 is 12.0 Å². The van der Waals surface area contributed by atoms with E-state index in [1.807, 2.05) is 0 Å².